The van der Waals surface area contributed by atoms with Gasteiger partial charge in [-0.2, -0.15) is 0 Å². The molecule has 0 spiro atoms. The van der Waals surface area contributed by atoms with Gasteiger partial charge in [0.05, 0.1) is 6.54 Å². The molecule has 0 saturated carbocycles. The number of likely N-dealkylation sites (N-methyl/N-ethyl adjacent to an activating group) is 1. The predicted molar refractivity (Wildman–Crippen MR) is 131 cm³/mol. The zero-order valence-corrected chi connectivity index (χ0v) is 20.2. The molecule has 1 aromatic carbocycles. The maximum atomic E-state index is 12.1. The highest BCUT2D eigenvalue weighted by Crippen LogP contribution is 2.21. The van der Waals surface area contributed by atoms with E-state index in [0.29, 0.717) is 19.0 Å². The van der Waals surface area contributed by atoms with Gasteiger partial charge in [0.2, 0.25) is 5.91 Å². The zero-order valence-electron chi connectivity index (χ0n) is 17.8. The first-order valence-corrected chi connectivity index (χ1v) is 10.9. The number of hydrogen-bond donors (Lipinski definition) is 2. The van der Waals surface area contributed by atoms with Gasteiger partial charge in [-0.3, -0.25) is 9.69 Å². The molecule has 3 rings (SSSR count). The number of guanidine groups is 1. The largest absolute Gasteiger partial charge is 0.357 e. The van der Waals surface area contributed by atoms with Crippen LogP contribution in [-0.4, -0.2) is 55.5 Å². The molecule has 0 aliphatic carbocycles. The van der Waals surface area contributed by atoms with Crippen molar-refractivity contribution in [2.24, 2.45) is 4.99 Å². The van der Waals surface area contributed by atoms with Crippen LogP contribution in [0.5, 0.6) is 0 Å². The Kier molecular flexibility index (Phi) is 10.2. The van der Waals surface area contributed by atoms with Crippen molar-refractivity contribution in [3.8, 4) is 0 Å². The van der Waals surface area contributed by atoms with Crippen LogP contribution in [0.3, 0.4) is 0 Å². The van der Waals surface area contributed by atoms with Crippen molar-refractivity contribution in [2.75, 3.05) is 37.6 Å². The number of nitrogens with zero attached hydrogens (tertiary/aromatic N) is 3. The summed E-state index contributed by atoms with van der Waals surface area (Å²) in [5, 5.41) is 6.86. The van der Waals surface area contributed by atoms with Gasteiger partial charge in [0, 0.05) is 37.8 Å². The van der Waals surface area contributed by atoms with Gasteiger partial charge in [0.1, 0.15) is 0 Å². The third-order valence-corrected chi connectivity index (χ3v) is 5.75. The van der Waals surface area contributed by atoms with Crippen LogP contribution in [0.2, 0.25) is 0 Å². The number of halogens is 1. The minimum Gasteiger partial charge on any atom is -0.357 e. The van der Waals surface area contributed by atoms with Crippen LogP contribution in [-0.2, 0) is 11.3 Å². The van der Waals surface area contributed by atoms with Crippen LogP contribution >= 0.6 is 24.0 Å². The number of anilines is 1. The van der Waals surface area contributed by atoms with Gasteiger partial charge in [-0.05, 0) is 63.4 Å². The highest BCUT2D eigenvalue weighted by atomic mass is 127. The Morgan fingerprint density at radius 3 is 2.59 bits per heavy atom. The molecular formula is C22H36IN5O. The van der Waals surface area contributed by atoms with E-state index in [1.165, 1.54) is 19.4 Å². The molecular weight excluding hydrogens is 477 g/mol. The second kappa shape index (κ2) is 12.4. The van der Waals surface area contributed by atoms with Gasteiger partial charge < -0.3 is 15.5 Å². The molecule has 2 heterocycles. The number of hydrogen-bond acceptors (Lipinski definition) is 3. The zero-order chi connectivity index (χ0) is 19.8. The molecule has 2 saturated heterocycles. The molecule has 1 atom stereocenters. The normalized spacial score (nSPS) is 20.5. The van der Waals surface area contributed by atoms with Gasteiger partial charge in [0.25, 0.3) is 0 Å². The lowest BCUT2D eigenvalue weighted by molar-refractivity contribution is -0.119. The Morgan fingerprint density at radius 1 is 1.10 bits per heavy atom. The van der Waals surface area contributed by atoms with E-state index in [9.17, 15) is 4.79 Å². The van der Waals surface area contributed by atoms with Gasteiger partial charge in [0.15, 0.2) is 5.96 Å². The average Bonchev–Trinajstić information content (AvgIpc) is 3.18. The predicted octanol–water partition coefficient (Wildman–Crippen LogP) is 3.36. The fourth-order valence-electron chi connectivity index (χ4n) is 4.13. The Hall–Kier alpha value is -1.35. The van der Waals surface area contributed by atoms with E-state index in [1.54, 1.807) is 0 Å². The summed E-state index contributed by atoms with van der Waals surface area (Å²) in [6.07, 6.45) is 5.32. The minimum absolute atomic E-state index is 0. The summed E-state index contributed by atoms with van der Waals surface area (Å²) in [6.45, 7) is 9.91. The monoisotopic (exact) mass is 513 g/mol. The lowest BCUT2D eigenvalue weighted by atomic mass is 10.1. The number of nitrogens with one attached hydrogen (secondary N) is 2. The van der Waals surface area contributed by atoms with Crippen molar-refractivity contribution in [2.45, 2.75) is 58.5 Å². The summed E-state index contributed by atoms with van der Waals surface area (Å²) in [7, 11) is 0. The van der Waals surface area contributed by atoms with Gasteiger partial charge in [-0.25, -0.2) is 4.99 Å². The van der Waals surface area contributed by atoms with Crippen molar-refractivity contribution >= 4 is 41.5 Å². The maximum absolute atomic E-state index is 12.1. The topological polar surface area (TPSA) is 60.0 Å². The highest BCUT2D eigenvalue weighted by molar-refractivity contribution is 14.0. The minimum atomic E-state index is 0. The van der Waals surface area contributed by atoms with Crippen molar-refractivity contribution in [1.29, 1.82) is 0 Å². The first-order chi connectivity index (χ1) is 13.7. The summed E-state index contributed by atoms with van der Waals surface area (Å²) >= 11 is 0. The first kappa shape index (κ1) is 23.9. The van der Waals surface area contributed by atoms with Gasteiger partial charge >= 0.3 is 0 Å². The molecule has 2 aliphatic rings. The number of amides is 1. The summed E-state index contributed by atoms with van der Waals surface area (Å²) in [5.41, 5.74) is 2.16. The Bertz CT molecular complexity index is 664. The van der Waals surface area contributed by atoms with Crippen molar-refractivity contribution in [3.63, 3.8) is 0 Å². The number of benzene rings is 1. The molecule has 6 nitrogen and oxygen atoms in total. The Labute approximate surface area is 192 Å². The second-order valence-corrected chi connectivity index (χ2v) is 7.67. The van der Waals surface area contributed by atoms with E-state index in [4.69, 9.17) is 4.99 Å². The van der Waals surface area contributed by atoms with E-state index in [1.807, 2.05) is 17.0 Å². The lowest BCUT2D eigenvalue weighted by Crippen LogP contribution is -2.44. The molecule has 1 unspecified atom stereocenters. The molecule has 2 aliphatic heterocycles. The van der Waals surface area contributed by atoms with E-state index in [0.717, 1.165) is 56.2 Å². The SMILES string of the molecule is CCNC(=NCc1ccc(N2CCCCC2=O)cc1)NCC1CCCN1CC.I. The van der Waals surface area contributed by atoms with Crippen LogP contribution in [0, 0.1) is 0 Å². The number of carbonyl (C=O) groups is 1. The van der Waals surface area contributed by atoms with E-state index in [2.05, 4.69) is 41.5 Å². The van der Waals surface area contributed by atoms with E-state index < -0.39 is 0 Å². The standard InChI is InChI=1S/C22H35N5O.HI/c1-3-23-22(25-17-20-8-7-14-26(20)4-2)24-16-18-10-12-19(13-11-18)27-15-6-5-9-21(27)28;/h10-13,20H,3-9,14-17H2,1-2H3,(H2,23,24,25);1H. The van der Waals surface area contributed by atoms with E-state index >= 15 is 0 Å². The average molecular weight is 513 g/mol. The molecule has 0 bridgehead atoms. The van der Waals surface area contributed by atoms with Crippen LogP contribution < -0.4 is 15.5 Å². The molecule has 2 fully saturated rings. The molecule has 1 amide bonds. The fraction of sp³-hybridized carbons (Fsp3) is 0.636. The maximum Gasteiger partial charge on any atom is 0.226 e. The van der Waals surface area contributed by atoms with Crippen molar-refractivity contribution in [3.05, 3.63) is 29.8 Å². The Balaban J connectivity index is 0.00000300. The molecule has 1 aromatic rings. The van der Waals surface area contributed by atoms with E-state index in [-0.39, 0.29) is 29.9 Å². The van der Waals surface area contributed by atoms with Crippen LogP contribution in [0.4, 0.5) is 5.69 Å². The molecule has 0 aromatic heterocycles. The van der Waals surface area contributed by atoms with Crippen molar-refractivity contribution in [1.82, 2.24) is 15.5 Å². The number of piperidine rings is 1. The first-order valence-electron chi connectivity index (χ1n) is 10.9. The molecule has 0 radical (unpaired) electrons. The van der Waals surface area contributed by atoms with Gasteiger partial charge in [-0.15, -0.1) is 24.0 Å². The second-order valence-electron chi connectivity index (χ2n) is 7.67. The number of likely N-dealkylation sites (tertiary alicyclic amines) is 1. The summed E-state index contributed by atoms with van der Waals surface area (Å²) in [4.78, 5) is 21.3. The van der Waals surface area contributed by atoms with Crippen LogP contribution in [0.1, 0.15) is 51.5 Å². The smallest absolute Gasteiger partial charge is 0.226 e. The summed E-state index contributed by atoms with van der Waals surface area (Å²) < 4.78 is 0. The molecule has 29 heavy (non-hydrogen) atoms. The third-order valence-electron chi connectivity index (χ3n) is 5.75. The van der Waals surface area contributed by atoms with Gasteiger partial charge in [-0.1, -0.05) is 19.1 Å². The van der Waals surface area contributed by atoms with Crippen molar-refractivity contribution < 1.29 is 4.79 Å². The summed E-state index contributed by atoms with van der Waals surface area (Å²) in [5.74, 6) is 1.12. The molecule has 162 valence electrons. The summed E-state index contributed by atoms with van der Waals surface area (Å²) in [6, 6.07) is 8.87. The molecule has 7 heteroatoms. The Morgan fingerprint density at radius 2 is 1.90 bits per heavy atom. The lowest BCUT2D eigenvalue weighted by Gasteiger charge is -2.26. The quantitative estimate of drug-likeness (QED) is 0.334. The highest BCUT2D eigenvalue weighted by Gasteiger charge is 2.22. The van der Waals surface area contributed by atoms with Crippen LogP contribution in [0.25, 0.3) is 0 Å². The third kappa shape index (κ3) is 6.84. The number of aliphatic imine (C=N–C) groups is 1. The van der Waals surface area contributed by atoms with Crippen LogP contribution in [0.15, 0.2) is 29.3 Å². The fourth-order valence-corrected chi connectivity index (χ4v) is 4.13. The number of carbonyl (C=O) groups excluding carboxylic acids is 1. The molecule has 2 N–H and O–H groups in total. The number of rotatable bonds is 7.